The van der Waals surface area contributed by atoms with E-state index in [1.807, 2.05) is 30.3 Å². The maximum atomic E-state index is 11.3. The van der Waals surface area contributed by atoms with Crippen molar-refractivity contribution in [3.8, 4) is 23.0 Å². The number of rotatable bonds is 10. The van der Waals surface area contributed by atoms with Gasteiger partial charge < -0.3 is 19.3 Å². The molecule has 0 aliphatic rings. The summed E-state index contributed by atoms with van der Waals surface area (Å²) in [5.41, 5.74) is 0.798. The third kappa shape index (κ3) is 13.4. The molecule has 8 nitrogen and oxygen atoms in total. The Morgan fingerprint density at radius 2 is 1.23 bits per heavy atom. The minimum absolute atomic E-state index is 0. The fraction of sp³-hybridized carbons (Fsp3) is 0.182. The third-order valence-electron chi connectivity index (χ3n) is 4.57. The summed E-state index contributed by atoms with van der Waals surface area (Å²) in [4.78, 5) is 16.2. The SMILES string of the molecule is O=P(O)(O)C(CCCc1cccc(Oc2ccc(Oc3ccccc3)cc2)c1)S(=O)(=O)O.[K].[K].[K]. The van der Waals surface area contributed by atoms with Crippen molar-refractivity contribution in [3.63, 3.8) is 0 Å². The zero-order valence-corrected chi connectivity index (χ0v) is 31.0. The van der Waals surface area contributed by atoms with Crippen LogP contribution >= 0.6 is 7.60 Å². The van der Waals surface area contributed by atoms with Gasteiger partial charge in [0.2, 0.25) is 0 Å². The van der Waals surface area contributed by atoms with E-state index >= 15 is 0 Å². The van der Waals surface area contributed by atoms with Crippen molar-refractivity contribution in [2.75, 3.05) is 0 Å². The zero-order valence-electron chi connectivity index (χ0n) is 19.9. The minimum Gasteiger partial charge on any atom is -0.457 e. The summed E-state index contributed by atoms with van der Waals surface area (Å²) in [6.45, 7) is 0. The van der Waals surface area contributed by atoms with Gasteiger partial charge in [0.15, 0.2) is 4.99 Å². The summed E-state index contributed by atoms with van der Waals surface area (Å²) >= 11 is 0. The molecule has 173 valence electrons. The van der Waals surface area contributed by atoms with E-state index in [1.54, 1.807) is 48.5 Å². The fourth-order valence-corrected chi connectivity index (χ4v) is 5.44. The van der Waals surface area contributed by atoms with Crippen LogP contribution in [0.15, 0.2) is 78.9 Å². The first kappa shape index (κ1) is 37.2. The fourth-order valence-electron chi connectivity index (χ4n) is 3.07. The molecule has 0 aliphatic heterocycles. The van der Waals surface area contributed by atoms with Crippen LogP contribution < -0.4 is 9.47 Å². The quantitative estimate of drug-likeness (QED) is 0.183. The number of hydrogen-bond acceptors (Lipinski definition) is 5. The Labute approximate surface area is 333 Å². The molecule has 0 spiro atoms. The predicted octanol–water partition coefficient (Wildman–Crippen LogP) is 3.84. The second-order valence-corrected chi connectivity index (χ2v) is 10.8. The molecule has 0 heterocycles. The Balaban J connectivity index is 0.00000385. The van der Waals surface area contributed by atoms with E-state index in [1.165, 1.54) is 0 Å². The van der Waals surface area contributed by atoms with Crippen molar-refractivity contribution in [1.29, 1.82) is 0 Å². The summed E-state index contributed by atoms with van der Waals surface area (Å²) in [6.07, 6.45) is 0.148. The van der Waals surface area contributed by atoms with E-state index in [-0.39, 0.29) is 167 Å². The van der Waals surface area contributed by atoms with Gasteiger partial charge in [-0.2, -0.15) is 8.42 Å². The summed E-state index contributed by atoms with van der Waals surface area (Å²) in [5, 5.41) is 0. The van der Waals surface area contributed by atoms with Gasteiger partial charge in [0, 0.05) is 154 Å². The van der Waals surface area contributed by atoms with Crippen molar-refractivity contribution in [2.24, 2.45) is 0 Å². The van der Waals surface area contributed by atoms with Crippen molar-refractivity contribution in [3.05, 3.63) is 84.4 Å². The van der Waals surface area contributed by atoms with Gasteiger partial charge in [0.1, 0.15) is 23.0 Å². The van der Waals surface area contributed by atoms with Crippen LogP contribution in [-0.2, 0) is 21.1 Å². The smallest absolute Gasteiger partial charge is 0.346 e. The van der Waals surface area contributed by atoms with Gasteiger partial charge in [-0.1, -0.05) is 30.3 Å². The van der Waals surface area contributed by atoms with Crippen LogP contribution in [0.4, 0.5) is 0 Å². The first-order valence-electron chi connectivity index (χ1n) is 9.72. The average Bonchev–Trinajstić information content (AvgIpc) is 2.72. The van der Waals surface area contributed by atoms with E-state index in [9.17, 15) is 13.0 Å². The number of ether oxygens (including phenoxy) is 2. The van der Waals surface area contributed by atoms with Gasteiger partial charge in [-0.3, -0.25) is 9.12 Å². The normalized spacial score (nSPS) is 11.7. The molecule has 1 atom stereocenters. The molecular weight excluding hydrogens is 573 g/mol. The topological polar surface area (TPSA) is 130 Å². The Morgan fingerprint density at radius 3 is 1.74 bits per heavy atom. The molecule has 3 aromatic carbocycles. The van der Waals surface area contributed by atoms with Crippen LogP contribution in [0.2, 0.25) is 0 Å². The van der Waals surface area contributed by atoms with Crippen LogP contribution in [0.25, 0.3) is 0 Å². The molecule has 0 aliphatic carbocycles. The molecule has 0 bridgehead atoms. The van der Waals surface area contributed by atoms with Crippen molar-refractivity contribution < 1.29 is 36.8 Å². The van der Waals surface area contributed by atoms with Gasteiger partial charge in [0.25, 0.3) is 10.1 Å². The Morgan fingerprint density at radius 1 is 0.743 bits per heavy atom. The van der Waals surface area contributed by atoms with Crippen LogP contribution in [0.3, 0.4) is 0 Å². The summed E-state index contributed by atoms with van der Waals surface area (Å²) in [6, 6.07) is 23.6. The Bertz CT molecular complexity index is 1190. The van der Waals surface area contributed by atoms with E-state index in [4.69, 9.17) is 23.8 Å². The molecule has 0 saturated carbocycles. The minimum atomic E-state index is -4.97. The summed E-state index contributed by atoms with van der Waals surface area (Å²) in [7, 11) is -9.82. The molecule has 0 aromatic heterocycles. The van der Waals surface area contributed by atoms with Crippen molar-refractivity contribution >= 4 is 172 Å². The summed E-state index contributed by atoms with van der Waals surface area (Å²) in [5.74, 6) is 2.54. The molecule has 3 rings (SSSR count). The third-order valence-corrected chi connectivity index (χ3v) is 8.13. The molecule has 35 heavy (non-hydrogen) atoms. The van der Waals surface area contributed by atoms with Gasteiger partial charge >= 0.3 is 7.60 Å². The molecule has 0 saturated heterocycles. The van der Waals surface area contributed by atoms with Crippen molar-refractivity contribution in [2.45, 2.75) is 24.3 Å². The predicted molar refractivity (Wildman–Crippen MR) is 137 cm³/mol. The first-order valence-corrected chi connectivity index (χ1v) is 12.9. The Kier molecular flexibility index (Phi) is 19.0. The van der Waals surface area contributed by atoms with E-state index in [2.05, 4.69) is 0 Å². The Hall–Kier alpha value is 2.23. The molecule has 13 heteroatoms. The van der Waals surface area contributed by atoms with E-state index < -0.39 is 22.7 Å². The van der Waals surface area contributed by atoms with E-state index in [0.29, 0.717) is 23.7 Å². The van der Waals surface area contributed by atoms with Gasteiger partial charge in [0.05, 0.1) is 0 Å². The largest absolute Gasteiger partial charge is 0.457 e. The monoisotopic (exact) mass is 595 g/mol. The molecule has 1 unspecified atom stereocenters. The van der Waals surface area contributed by atoms with Crippen molar-refractivity contribution in [1.82, 2.24) is 0 Å². The van der Waals surface area contributed by atoms with E-state index in [0.717, 1.165) is 11.3 Å². The maximum absolute atomic E-state index is 11.3. The molecule has 3 N–H and O–H groups in total. The van der Waals surface area contributed by atoms with Gasteiger partial charge in [-0.25, -0.2) is 0 Å². The number of benzene rings is 3. The second-order valence-electron chi connectivity index (χ2n) is 7.09. The molecule has 3 aromatic rings. The number of aryl methyl sites for hydroxylation is 1. The zero-order chi connectivity index (χ0) is 23.2. The molecule has 0 fully saturated rings. The standard InChI is InChI=1S/C22H23O8PS.3K/c23-31(24,25)22(32(26,27)28)11-5-7-17-6-4-10-21(16-17)30-20-14-12-19(13-15-20)29-18-8-2-1-3-9-18;;;/h1-4,6,8-10,12-16,22H,5,7,11H2,(H2,23,24,25)(H,26,27,28);;;. The molecular formula is C22H23K3O8PS. The van der Waals surface area contributed by atoms with Crippen LogP contribution in [-0.4, -0.2) is 182 Å². The van der Waals surface area contributed by atoms with Gasteiger partial charge in [-0.05, 0) is 73.4 Å². The van der Waals surface area contributed by atoms with Crippen LogP contribution in [0, 0.1) is 0 Å². The van der Waals surface area contributed by atoms with Gasteiger partial charge in [-0.15, -0.1) is 0 Å². The van der Waals surface area contributed by atoms with Crippen LogP contribution in [0.1, 0.15) is 18.4 Å². The summed E-state index contributed by atoms with van der Waals surface area (Å²) < 4.78 is 54.5. The number of hydrogen-bond donors (Lipinski definition) is 3. The number of para-hydroxylation sites is 1. The molecule has 3 radical (unpaired) electrons. The first-order chi connectivity index (χ1) is 15.1. The molecule has 0 amide bonds. The maximum Gasteiger partial charge on any atom is 0.346 e. The second kappa shape index (κ2) is 17.8. The van der Waals surface area contributed by atoms with Crippen LogP contribution in [0.5, 0.6) is 23.0 Å². The average molecular weight is 596 g/mol.